The number of carboxylic acid groups (broad SMARTS) is 1. The number of carbonyl (C=O) groups excluding carboxylic acids is 1. The van der Waals surface area contributed by atoms with E-state index in [1.54, 1.807) is 18.2 Å². The topological polar surface area (TPSA) is 90.5 Å². The van der Waals surface area contributed by atoms with Crippen LogP contribution in [-0.2, 0) is 4.79 Å². The molecule has 1 saturated carbocycles. The number of nitrogens with one attached hydrogen (secondary N) is 3. The molecule has 0 bridgehead atoms. The van der Waals surface area contributed by atoms with Gasteiger partial charge in [-0.3, -0.25) is 4.79 Å². The van der Waals surface area contributed by atoms with E-state index in [-0.39, 0.29) is 5.91 Å². The van der Waals surface area contributed by atoms with Gasteiger partial charge in [0.05, 0.1) is 0 Å². The zero-order chi connectivity index (χ0) is 16.1. The Kier molecular flexibility index (Phi) is 5.63. The maximum Gasteiger partial charge on any atom is 0.405 e. The van der Waals surface area contributed by atoms with Crippen molar-refractivity contribution in [2.75, 3.05) is 11.9 Å². The van der Waals surface area contributed by atoms with Crippen LogP contribution in [0.15, 0.2) is 18.2 Å². The molecule has 22 heavy (non-hydrogen) atoms. The molecular weight excluding hydrogens is 306 g/mol. The highest BCUT2D eigenvalue weighted by atomic mass is 35.5. The molecule has 0 radical (unpaired) electrons. The van der Waals surface area contributed by atoms with E-state index in [0.717, 1.165) is 18.4 Å². The second-order valence-corrected chi connectivity index (χ2v) is 5.88. The van der Waals surface area contributed by atoms with Gasteiger partial charge in [-0.05, 0) is 56.5 Å². The predicted molar refractivity (Wildman–Crippen MR) is 85.4 cm³/mol. The Morgan fingerprint density at radius 3 is 2.73 bits per heavy atom. The lowest BCUT2D eigenvalue weighted by Crippen LogP contribution is -2.44. The van der Waals surface area contributed by atoms with Gasteiger partial charge in [-0.2, -0.15) is 0 Å². The minimum absolute atomic E-state index is 0.373. The Hall–Kier alpha value is -1.79. The number of anilines is 1. The zero-order valence-electron chi connectivity index (χ0n) is 12.4. The molecule has 1 aromatic carbocycles. The molecule has 1 atom stereocenters. The monoisotopic (exact) mass is 325 g/mol. The number of amides is 2. The van der Waals surface area contributed by atoms with E-state index in [1.165, 1.54) is 0 Å². The number of hydrogen-bond donors (Lipinski definition) is 4. The summed E-state index contributed by atoms with van der Waals surface area (Å²) in [6.45, 7) is 2.44. The standard InChI is InChI=1S/C15H20ClN3O3/c1-9-8-11(4-5-12(9)16)18-14(20)13(19-15(21)22)6-7-17-10-2-3-10/h4-5,8,10,13,17,19H,2-3,6-7H2,1H3,(H,18,20)(H,21,22). The number of halogens is 1. The molecule has 6 nitrogen and oxygen atoms in total. The van der Waals surface area contributed by atoms with Crippen molar-refractivity contribution in [3.8, 4) is 0 Å². The Morgan fingerprint density at radius 2 is 2.14 bits per heavy atom. The van der Waals surface area contributed by atoms with Crippen molar-refractivity contribution < 1.29 is 14.7 Å². The molecule has 0 heterocycles. The number of rotatable bonds is 7. The highest BCUT2D eigenvalue weighted by Crippen LogP contribution is 2.20. The molecule has 1 fully saturated rings. The van der Waals surface area contributed by atoms with Crippen molar-refractivity contribution in [3.05, 3.63) is 28.8 Å². The fourth-order valence-electron chi connectivity index (χ4n) is 2.09. The van der Waals surface area contributed by atoms with Gasteiger partial charge in [0.2, 0.25) is 5.91 Å². The van der Waals surface area contributed by atoms with E-state index in [9.17, 15) is 9.59 Å². The van der Waals surface area contributed by atoms with Gasteiger partial charge in [0.15, 0.2) is 0 Å². The number of aryl methyl sites for hydroxylation is 1. The number of carbonyl (C=O) groups is 2. The molecule has 4 N–H and O–H groups in total. The van der Waals surface area contributed by atoms with Crippen LogP contribution in [-0.4, -0.2) is 35.7 Å². The van der Waals surface area contributed by atoms with Crippen molar-refractivity contribution in [2.24, 2.45) is 0 Å². The summed E-state index contributed by atoms with van der Waals surface area (Å²) in [6.07, 6.45) is 1.49. The molecule has 2 rings (SSSR count). The largest absolute Gasteiger partial charge is 0.465 e. The molecular formula is C15H20ClN3O3. The Balaban J connectivity index is 1.93. The number of benzene rings is 1. The molecule has 1 aromatic rings. The molecule has 0 aromatic heterocycles. The maximum absolute atomic E-state index is 12.2. The highest BCUT2D eigenvalue weighted by Gasteiger charge is 2.24. The van der Waals surface area contributed by atoms with Gasteiger partial charge in [-0.25, -0.2) is 4.79 Å². The molecule has 0 saturated heterocycles. The quantitative estimate of drug-likeness (QED) is 0.619. The van der Waals surface area contributed by atoms with Gasteiger partial charge < -0.3 is 21.1 Å². The van der Waals surface area contributed by atoms with Gasteiger partial charge in [0, 0.05) is 16.8 Å². The smallest absolute Gasteiger partial charge is 0.405 e. The first kappa shape index (κ1) is 16.6. The van der Waals surface area contributed by atoms with Crippen LogP contribution in [0.25, 0.3) is 0 Å². The fourth-order valence-corrected chi connectivity index (χ4v) is 2.21. The van der Waals surface area contributed by atoms with Crippen molar-refractivity contribution in [2.45, 2.75) is 38.3 Å². The minimum Gasteiger partial charge on any atom is -0.465 e. The summed E-state index contributed by atoms with van der Waals surface area (Å²) in [4.78, 5) is 23.1. The van der Waals surface area contributed by atoms with Crippen LogP contribution < -0.4 is 16.0 Å². The molecule has 1 unspecified atom stereocenters. The Morgan fingerprint density at radius 1 is 1.41 bits per heavy atom. The molecule has 0 aliphatic heterocycles. The van der Waals surface area contributed by atoms with Gasteiger partial charge >= 0.3 is 6.09 Å². The minimum atomic E-state index is -1.21. The van der Waals surface area contributed by atoms with E-state index in [4.69, 9.17) is 16.7 Å². The summed E-state index contributed by atoms with van der Waals surface area (Å²) in [7, 11) is 0. The SMILES string of the molecule is Cc1cc(NC(=O)C(CCNC2CC2)NC(=O)O)ccc1Cl. The lowest BCUT2D eigenvalue weighted by Gasteiger charge is -2.17. The van der Waals surface area contributed by atoms with Crippen molar-refractivity contribution in [1.29, 1.82) is 0 Å². The summed E-state index contributed by atoms with van der Waals surface area (Å²) in [5.74, 6) is -0.373. The lowest BCUT2D eigenvalue weighted by atomic mass is 10.1. The zero-order valence-corrected chi connectivity index (χ0v) is 13.1. The highest BCUT2D eigenvalue weighted by molar-refractivity contribution is 6.31. The van der Waals surface area contributed by atoms with E-state index in [2.05, 4.69) is 16.0 Å². The second kappa shape index (κ2) is 7.47. The number of hydrogen-bond acceptors (Lipinski definition) is 3. The third kappa shape index (κ3) is 5.20. The van der Waals surface area contributed by atoms with Crippen LogP contribution >= 0.6 is 11.6 Å². The summed E-state index contributed by atoms with van der Waals surface area (Å²) in [5, 5.41) is 17.7. The van der Waals surface area contributed by atoms with E-state index in [0.29, 0.717) is 29.7 Å². The van der Waals surface area contributed by atoms with Gasteiger partial charge in [-0.15, -0.1) is 0 Å². The van der Waals surface area contributed by atoms with Crippen LogP contribution in [0.3, 0.4) is 0 Å². The average molecular weight is 326 g/mol. The van der Waals surface area contributed by atoms with Crippen LogP contribution in [0.4, 0.5) is 10.5 Å². The Labute approximate surface area is 134 Å². The maximum atomic E-state index is 12.2. The first-order valence-corrected chi connectivity index (χ1v) is 7.63. The van der Waals surface area contributed by atoms with Gasteiger partial charge in [-0.1, -0.05) is 11.6 Å². The van der Waals surface area contributed by atoms with Crippen molar-refractivity contribution >= 4 is 29.3 Å². The summed E-state index contributed by atoms with van der Waals surface area (Å²) >= 11 is 5.94. The molecule has 1 aliphatic carbocycles. The first-order chi connectivity index (χ1) is 10.5. The average Bonchev–Trinajstić information content (AvgIpc) is 3.25. The molecule has 120 valence electrons. The third-order valence-corrected chi connectivity index (χ3v) is 3.91. The van der Waals surface area contributed by atoms with Crippen LogP contribution in [0.2, 0.25) is 5.02 Å². The summed E-state index contributed by atoms with van der Waals surface area (Å²) < 4.78 is 0. The lowest BCUT2D eigenvalue weighted by molar-refractivity contribution is -0.118. The predicted octanol–water partition coefficient (Wildman–Crippen LogP) is 2.37. The normalized spacial score (nSPS) is 15.2. The second-order valence-electron chi connectivity index (χ2n) is 5.47. The first-order valence-electron chi connectivity index (χ1n) is 7.25. The Bertz CT molecular complexity index is 561. The van der Waals surface area contributed by atoms with E-state index >= 15 is 0 Å². The van der Waals surface area contributed by atoms with Crippen LogP contribution in [0.5, 0.6) is 0 Å². The third-order valence-electron chi connectivity index (χ3n) is 3.48. The molecule has 0 spiro atoms. The van der Waals surface area contributed by atoms with Crippen LogP contribution in [0, 0.1) is 6.92 Å². The fraction of sp³-hybridized carbons (Fsp3) is 0.467. The van der Waals surface area contributed by atoms with E-state index in [1.807, 2.05) is 6.92 Å². The molecule has 7 heteroatoms. The van der Waals surface area contributed by atoms with Crippen molar-refractivity contribution in [3.63, 3.8) is 0 Å². The molecule has 1 aliphatic rings. The van der Waals surface area contributed by atoms with E-state index < -0.39 is 12.1 Å². The summed E-state index contributed by atoms with van der Waals surface area (Å²) in [5.41, 5.74) is 1.44. The molecule has 2 amide bonds. The van der Waals surface area contributed by atoms with Gasteiger partial charge in [0.1, 0.15) is 6.04 Å². The van der Waals surface area contributed by atoms with Crippen LogP contribution in [0.1, 0.15) is 24.8 Å². The van der Waals surface area contributed by atoms with Crippen molar-refractivity contribution in [1.82, 2.24) is 10.6 Å². The van der Waals surface area contributed by atoms with Gasteiger partial charge in [0.25, 0.3) is 0 Å². The summed E-state index contributed by atoms with van der Waals surface area (Å²) in [6, 6.07) is 4.86.